The highest BCUT2D eigenvalue weighted by Gasteiger charge is 2.52. The number of alkyl halides is 2. The van der Waals surface area contributed by atoms with Crippen molar-refractivity contribution in [3.05, 3.63) is 0 Å². The summed E-state index contributed by atoms with van der Waals surface area (Å²) in [6, 6.07) is -0.0612. The van der Waals surface area contributed by atoms with Crippen LogP contribution in [0, 0.1) is 5.92 Å². The Bertz CT molecular complexity index is 191. The van der Waals surface area contributed by atoms with Gasteiger partial charge in [-0.1, -0.05) is 0 Å². The van der Waals surface area contributed by atoms with Crippen molar-refractivity contribution in [3.8, 4) is 0 Å². The zero-order valence-corrected chi connectivity index (χ0v) is 7.23. The van der Waals surface area contributed by atoms with Crippen molar-refractivity contribution in [2.24, 2.45) is 5.92 Å². The number of rotatable bonds is 2. The number of hydrogen-bond acceptors (Lipinski definition) is 1. The molecular formula is C8H13F2NO. The highest BCUT2D eigenvalue weighted by atomic mass is 19.3. The second kappa shape index (κ2) is 2.99. The third kappa shape index (κ3) is 1.73. The molecule has 0 aromatic carbocycles. The molecule has 1 amide bonds. The topological polar surface area (TPSA) is 29.1 Å². The van der Waals surface area contributed by atoms with E-state index in [1.807, 2.05) is 0 Å². The average Bonchev–Trinajstić information content (AvgIpc) is 1.83. The summed E-state index contributed by atoms with van der Waals surface area (Å²) in [5.41, 5.74) is 0. The largest absolute Gasteiger partial charge is 0.353 e. The first kappa shape index (κ1) is 9.42. The molecule has 0 bridgehead atoms. The van der Waals surface area contributed by atoms with Crippen LogP contribution in [-0.2, 0) is 4.79 Å². The number of amides is 1. The van der Waals surface area contributed by atoms with Crippen LogP contribution in [0.5, 0.6) is 0 Å². The van der Waals surface area contributed by atoms with Crippen molar-refractivity contribution in [1.82, 2.24) is 5.32 Å². The van der Waals surface area contributed by atoms with Gasteiger partial charge in [0.15, 0.2) is 0 Å². The highest BCUT2D eigenvalue weighted by molar-refractivity contribution is 5.80. The van der Waals surface area contributed by atoms with Gasteiger partial charge >= 0.3 is 0 Å². The van der Waals surface area contributed by atoms with Crippen LogP contribution in [0.4, 0.5) is 8.78 Å². The van der Waals surface area contributed by atoms with Crippen LogP contribution in [0.15, 0.2) is 0 Å². The lowest BCUT2D eigenvalue weighted by Crippen LogP contribution is -2.50. The highest BCUT2D eigenvalue weighted by Crippen LogP contribution is 2.43. The molecule has 4 heteroatoms. The molecule has 1 N–H and O–H groups in total. The first-order chi connectivity index (χ1) is 5.43. The van der Waals surface area contributed by atoms with Gasteiger partial charge in [-0.05, 0) is 20.3 Å². The molecule has 0 aromatic rings. The first-order valence-corrected chi connectivity index (χ1v) is 4.11. The molecule has 1 saturated carbocycles. The van der Waals surface area contributed by atoms with Gasteiger partial charge in [0, 0.05) is 12.5 Å². The van der Waals surface area contributed by atoms with E-state index in [-0.39, 0.29) is 12.5 Å². The van der Waals surface area contributed by atoms with Crippen LogP contribution < -0.4 is 5.32 Å². The second-order valence-corrected chi connectivity index (χ2v) is 3.52. The Hall–Kier alpha value is -0.670. The maximum atomic E-state index is 12.6. The minimum atomic E-state index is -2.76. The number of carbonyl (C=O) groups is 1. The molecule has 70 valence electrons. The van der Waals surface area contributed by atoms with Gasteiger partial charge in [-0.15, -0.1) is 0 Å². The van der Waals surface area contributed by atoms with E-state index >= 15 is 0 Å². The summed E-state index contributed by atoms with van der Waals surface area (Å²) >= 11 is 0. The Kier molecular flexibility index (Phi) is 2.35. The fraction of sp³-hybridized carbons (Fsp3) is 0.875. The van der Waals surface area contributed by atoms with Crippen LogP contribution in [-0.4, -0.2) is 17.9 Å². The molecule has 0 heterocycles. The summed E-state index contributed by atoms with van der Waals surface area (Å²) in [5.74, 6) is -4.36. The monoisotopic (exact) mass is 177 g/mol. The summed E-state index contributed by atoms with van der Waals surface area (Å²) < 4.78 is 25.3. The molecule has 0 radical (unpaired) electrons. The normalized spacial score (nSPS) is 26.6. The third-order valence-electron chi connectivity index (χ3n) is 2.02. The van der Waals surface area contributed by atoms with Gasteiger partial charge in [-0.2, -0.15) is 0 Å². The van der Waals surface area contributed by atoms with Crippen molar-refractivity contribution in [1.29, 1.82) is 0 Å². The maximum absolute atomic E-state index is 12.6. The van der Waals surface area contributed by atoms with Crippen LogP contribution in [0.1, 0.15) is 26.7 Å². The van der Waals surface area contributed by atoms with Gasteiger partial charge in [0.05, 0.1) is 0 Å². The Morgan fingerprint density at radius 1 is 1.58 bits per heavy atom. The summed E-state index contributed by atoms with van der Waals surface area (Å²) in [5, 5.41) is 2.48. The lowest BCUT2D eigenvalue weighted by Gasteiger charge is -2.35. The molecule has 1 fully saturated rings. The van der Waals surface area contributed by atoms with Gasteiger partial charge in [-0.3, -0.25) is 4.79 Å². The minimum absolute atomic E-state index is 0.0612. The molecule has 1 rings (SSSR count). The summed E-state index contributed by atoms with van der Waals surface area (Å²) in [6.45, 7) is 3.52. The SMILES string of the molecule is CC(C)NC(=O)C1CCC1(F)F. The Morgan fingerprint density at radius 3 is 2.42 bits per heavy atom. The molecule has 1 aliphatic carbocycles. The van der Waals surface area contributed by atoms with E-state index in [1.165, 1.54) is 0 Å². The molecule has 1 atom stereocenters. The molecular weight excluding hydrogens is 164 g/mol. The van der Waals surface area contributed by atoms with Crippen molar-refractivity contribution in [2.45, 2.75) is 38.7 Å². The van der Waals surface area contributed by atoms with E-state index < -0.39 is 17.7 Å². The summed E-state index contributed by atoms with van der Waals surface area (Å²) in [4.78, 5) is 11.1. The predicted octanol–water partition coefficient (Wildman–Crippen LogP) is 1.56. The smallest absolute Gasteiger partial charge is 0.259 e. The second-order valence-electron chi connectivity index (χ2n) is 3.52. The van der Waals surface area contributed by atoms with Gasteiger partial charge in [0.25, 0.3) is 5.92 Å². The van der Waals surface area contributed by atoms with Gasteiger partial charge in [-0.25, -0.2) is 8.78 Å². The molecule has 2 nitrogen and oxygen atoms in total. The van der Waals surface area contributed by atoms with Crippen LogP contribution >= 0.6 is 0 Å². The van der Waals surface area contributed by atoms with Gasteiger partial charge < -0.3 is 5.32 Å². The molecule has 0 saturated heterocycles. The number of nitrogens with one attached hydrogen (secondary N) is 1. The fourth-order valence-electron chi connectivity index (χ4n) is 1.21. The molecule has 12 heavy (non-hydrogen) atoms. The van der Waals surface area contributed by atoms with Crippen LogP contribution in [0.2, 0.25) is 0 Å². The maximum Gasteiger partial charge on any atom is 0.259 e. The van der Waals surface area contributed by atoms with Crippen molar-refractivity contribution >= 4 is 5.91 Å². The van der Waals surface area contributed by atoms with Crippen LogP contribution in [0.25, 0.3) is 0 Å². The van der Waals surface area contributed by atoms with Crippen molar-refractivity contribution in [2.75, 3.05) is 0 Å². The lowest BCUT2D eigenvalue weighted by atomic mass is 9.80. The fourth-order valence-corrected chi connectivity index (χ4v) is 1.21. The predicted molar refractivity (Wildman–Crippen MR) is 40.9 cm³/mol. The Balaban J connectivity index is 2.44. The lowest BCUT2D eigenvalue weighted by molar-refractivity contribution is -0.162. The summed E-state index contributed by atoms with van der Waals surface area (Å²) in [6.07, 6.45) is 0.161. The molecule has 1 unspecified atom stereocenters. The van der Waals surface area contributed by atoms with E-state index in [1.54, 1.807) is 13.8 Å². The Morgan fingerprint density at radius 2 is 2.17 bits per heavy atom. The van der Waals surface area contributed by atoms with Crippen molar-refractivity contribution < 1.29 is 13.6 Å². The summed E-state index contributed by atoms with van der Waals surface area (Å²) in [7, 11) is 0. The first-order valence-electron chi connectivity index (χ1n) is 4.11. The van der Waals surface area contributed by atoms with E-state index in [2.05, 4.69) is 5.32 Å². The standard InChI is InChI=1S/C8H13F2NO/c1-5(2)11-7(12)6-3-4-8(6,9)10/h5-6H,3-4H2,1-2H3,(H,11,12). The van der Waals surface area contributed by atoms with Crippen LogP contribution in [0.3, 0.4) is 0 Å². The number of carbonyl (C=O) groups excluding carboxylic acids is 1. The zero-order chi connectivity index (χ0) is 9.35. The molecule has 1 aliphatic rings. The van der Waals surface area contributed by atoms with Crippen molar-refractivity contribution in [3.63, 3.8) is 0 Å². The number of hydrogen-bond donors (Lipinski definition) is 1. The van der Waals surface area contributed by atoms with E-state index in [0.29, 0.717) is 6.42 Å². The Labute approximate surface area is 70.3 Å². The quantitative estimate of drug-likeness (QED) is 0.681. The average molecular weight is 177 g/mol. The zero-order valence-electron chi connectivity index (χ0n) is 7.23. The van der Waals surface area contributed by atoms with Gasteiger partial charge in [0.1, 0.15) is 5.92 Å². The van der Waals surface area contributed by atoms with E-state index in [4.69, 9.17) is 0 Å². The van der Waals surface area contributed by atoms with E-state index in [9.17, 15) is 13.6 Å². The molecule has 0 aromatic heterocycles. The van der Waals surface area contributed by atoms with Gasteiger partial charge in [0.2, 0.25) is 5.91 Å². The number of halogens is 2. The molecule has 0 spiro atoms. The third-order valence-corrected chi connectivity index (χ3v) is 2.02. The van der Waals surface area contributed by atoms with E-state index in [0.717, 1.165) is 0 Å². The minimum Gasteiger partial charge on any atom is -0.353 e. The molecule has 0 aliphatic heterocycles.